The van der Waals surface area contributed by atoms with Crippen molar-refractivity contribution < 1.29 is 9.90 Å². The molecule has 0 radical (unpaired) electrons. The number of amides is 1. The predicted molar refractivity (Wildman–Crippen MR) is 61.7 cm³/mol. The van der Waals surface area contributed by atoms with Gasteiger partial charge >= 0.3 is 0 Å². The molecule has 0 aromatic rings. The van der Waals surface area contributed by atoms with Gasteiger partial charge in [0, 0.05) is 18.5 Å². The van der Waals surface area contributed by atoms with E-state index in [0.717, 1.165) is 32.2 Å². The summed E-state index contributed by atoms with van der Waals surface area (Å²) in [7, 11) is 0. The molecule has 92 valence electrons. The van der Waals surface area contributed by atoms with Gasteiger partial charge in [0.15, 0.2) is 0 Å². The normalized spacial score (nSPS) is 39.3. The Bertz CT molecular complexity index is 270. The summed E-state index contributed by atoms with van der Waals surface area (Å²) in [4.78, 5) is 14.1. The van der Waals surface area contributed by atoms with Gasteiger partial charge in [0.2, 0.25) is 5.91 Å². The Balaban J connectivity index is 1.99. The van der Waals surface area contributed by atoms with Crippen molar-refractivity contribution in [3.05, 3.63) is 0 Å². The van der Waals surface area contributed by atoms with Crippen molar-refractivity contribution in [3.63, 3.8) is 0 Å². The molecular formula is C12H22N2O2. The third kappa shape index (κ3) is 2.09. The average molecular weight is 226 g/mol. The van der Waals surface area contributed by atoms with Crippen molar-refractivity contribution in [2.75, 3.05) is 13.2 Å². The van der Waals surface area contributed by atoms with Crippen LogP contribution in [0.4, 0.5) is 0 Å². The number of aliphatic hydroxyl groups excluding tert-OH is 1. The first-order valence-electron chi connectivity index (χ1n) is 6.30. The molecule has 2 fully saturated rings. The number of carbonyl (C=O) groups is 1. The number of hydrogen-bond acceptors (Lipinski definition) is 3. The zero-order valence-electron chi connectivity index (χ0n) is 9.93. The van der Waals surface area contributed by atoms with Gasteiger partial charge in [-0.05, 0) is 31.6 Å². The highest BCUT2D eigenvalue weighted by Gasteiger charge is 2.38. The van der Waals surface area contributed by atoms with Gasteiger partial charge in [0.1, 0.15) is 0 Å². The van der Waals surface area contributed by atoms with Gasteiger partial charge in [-0.25, -0.2) is 0 Å². The zero-order chi connectivity index (χ0) is 11.7. The summed E-state index contributed by atoms with van der Waals surface area (Å²) >= 11 is 0. The standard InChI is InChI=1S/C12H22N2O2/c1-8-4-5-14(11(8)7-15)12(16)9-2-3-10(13)6-9/h8-11,15H,2-7,13H2,1H3. The molecule has 16 heavy (non-hydrogen) atoms. The first-order valence-corrected chi connectivity index (χ1v) is 6.30. The third-order valence-corrected chi connectivity index (χ3v) is 4.18. The van der Waals surface area contributed by atoms with Gasteiger partial charge in [-0.3, -0.25) is 4.79 Å². The second kappa shape index (κ2) is 4.72. The zero-order valence-corrected chi connectivity index (χ0v) is 9.93. The number of aliphatic hydroxyl groups is 1. The van der Waals surface area contributed by atoms with Gasteiger partial charge in [0.25, 0.3) is 0 Å². The van der Waals surface area contributed by atoms with Crippen LogP contribution in [0, 0.1) is 11.8 Å². The summed E-state index contributed by atoms with van der Waals surface area (Å²) in [5, 5.41) is 9.33. The van der Waals surface area contributed by atoms with E-state index in [1.807, 2.05) is 4.90 Å². The van der Waals surface area contributed by atoms with Crippen molar-refractivity contribution in [1.29, 1.82) is 0 Å². The highest BCUT2D eigenvalue weighted by Crippen LogP contribution is 2.31. The van der Waals surface area contributed by atoms with E-state index in [0.29, 0.717) is 5.92 Å². The van der Waals surface area contributed by atoms with Crippen LogP contribution in [-0.2, 0) is 4.79 Å². The van der Waals surface area contributed by atoms with Crippen LogP contribution in [0.5, 0.6) is 0 Å². The summed E-state index contributed by atoms with van der Waals surface area (Å²) in [6.07, 6.45) is 3.71. The Morgan fingerprint density at radius 2 is 2.19 bits per heavy atom. The number of nitrogens with two attached hydrogens (primary N) is 1. The van der Waals surface area contributed by atoms with Gasteiger partial charge < -0.3 is 15.7 Å². The Kier molecular flexibility index (Phi) is 3.50. The van der Waals surface area contributed by atoms with Gasteiger partial charge in [-0.2, -0.15) is 0 Å². The van der Waals surface area contributed by atoms with Crippen LogP contribution in [0.1, 0.15) is 32.6 Å². The maximum Gasteiger partial charge on any atom is 0.226 e. The van der Waals surface area contributed by atoms with Crippen LogP contribution in [-0.4, -0.2) is 41.1 Å². The lowest BCUT2D eigenvalue weighted by molar-refractivity contribution is -0.137. The SMILES string of the molecule is CC1CCN(C(=O)C2CCC(N)C2)C1CO. The number of carbonyl (C=O) groups excluding carboxylic acids is 1. The molecule has 4 heteroatoms. The Morgan fingerprint density at radius 1 is 1.44 bits per heavy atom. The number of likely N-dealkylation sites (tertiary alicyclic amines) is 1. The lowest BCUT2D eigenvalue weighted by Crippen LogP contribution is -2.42. The van der Waals surface area contributed by atoms with E-state index < -0.39 is 0 Å². The van der Waals surface area contributed by atoms with Crippen molar-refractivity contribution >= 4 is 5.91 Å². The monoisotopic (exact) mass is 226 g/mol. The van der Waals surface area contributed by atoms with E-state index in [1.54, 1.807) is 0 Å². The topological polar surface area (TPSA) is 66.6 Å². The fourth-order valence-electron chi connectivity index (χ4n) is 3.04. The Labute approximate surface area is 96.8 Å². The molecule has 1 aliphatic carbocycles. The van der Waals surface area contributed by atoms with Crippen molar-refractivity contribution in [1.82, 2.24) is 4.90 Å². The molecule has 2 aliphatic rings. The van der Waals surface area contributed by atoms with E-state index in [4.69, 9.17) is 5.73 Å². The molecule has 3 N–H and O–H groups in total. The van der Waals surface area contributed by atoms with Crippen LogP contribution in [0.3, 0.4) is 0 Å². The molecule has 1 saturated carbocycles. The van der Waals surface area contributed by atoms with E-state index in [2.05, 4.69) is 6.92 Å². The highest BCUT2D eigenvalue weighted by atomic mass is 16.3. The molecule has 1 amide bonds. The minimum Gasteiger partial charge on any atom is -0.394 e. The summed E-state index contributed by atoms with van der Waals surface area (Å²) in [6, 6.07) is 0.228. The molecule has 0 bridgehead atoms. The molecule has 0 aromatic carbocycles. The maximum atomic E-state index is 12.3. The van der Waals surface area contributed by atoms with E-state index >= 15 is 0 Å². The average Bonchev–Trinajstić information content (AvgIpc) is 2.83. The van der Waals surface area contributed by atoms with Crippen molar-refractivity contribution in [3.8, 4) is 0 Å². The number of rotatable bonds is 2. The molecular weight excluding hydrogens is 204 g/mol. The molecule has 4 atom stereocenters. The molecule has 1 heterocycles. The molecule has 0 aromatic heterocycles. The summed E-state index contributed by atoms with van der Waals surface area (Å²) in [5.74, 6) is 0.745. The molecule has 4 nitrogen and oxygen atoms in total. The Hall–Kier alpha value is -0.610. The lowest BCUT2D eigenvalue weighted by atomic mass is 10.0. The minimum absolute atomic E-state index is 0.0318. The fourth-order valence-corrected chi connectivity index (χ4v) is 3.04. The summed E-state index contributed by atoms with van der Waals surface area (Å²) in [6.45, 7) is 3.00. The van der Waals surface area contributed by atoms with Crippen LogP contribution >= 0.6 is 0 Å². The largest absolute Gasteiger partial charge is 0.394 e. The van der Waals surface area contributed by atoms with Crippen LogP contribution in [0.25, 0.3) is 0 Å². The molecule has 1 saturated heterocycles. The molecule has 0 spiro atoms. The summed E-state index contributed by atoms with van der Waals surface area (Å²) in [5.41, 5.74) is 5.84. The minimum atomic E-state index is 0.0318. The molecule has 4 unspecified atom stereocenters. The fraction of sp³-hybridized carbons (Fsp3) is 0.917. The van der Waals surface area contributed by atoms with E-state index in [9.17, 15) is 9.90 Å². The Morgan fingerprint density at radius 3 is 2.75 bits per heavy atom. The van der Waals surface area contributed by atoms with Gasteiger partial charge in [-0.1, -0.05) is 6.92 Å². The number of nitrogens with zero attached hydrogens (tertiary/aromatic N) is 1. The molecule has 1 aliphatic heterocycles. The lowest BCUT2D eigenvalue weighted by Gasteiger charge is -2.27. The van der Waals surface area contributed by atoms with Crippen LogP contribution in [0.2, 0.25) is 0 Å². The number of hydrogen-bond donors (Lipinski definition) is 2. The second-order valence-corrected chi connectivity index (χ2v) is 5.32. The van der Waals surface area contributed by atoms with Crippen LogP contribution < -0.4 is 5.73 Å². The van der Waals surface area contributed by atoms with Crippen LogP contribution in [0.15, 0.2) is 0 Å². The van der Waals surface area contributed by atoms with Gasteiger partial charge in [0.05, 0.1) is 12.6 Å². The predicted octanol–water partition coefficient (Wildman–Crippen LogP) is 0.343. The molecule has 2 rings (SSSR count). The first-order chi connectivity index (χ1) is 7.63. The highest BCUT2D eigenvalue weighted by molar-refractivity contribution is 5.80. The third-order valence-electron chi connectivity index (χ3n) is 4.18. The van der Waals surface area contributed by atoms with Gasteiger partial charge in [-0.15, -0.1) is 0 Å². The second-order valence-electron chi connectivity index (χ2n) is 5.32. The van der Waals surface area contributed by atoms with E-state index in [-0.39, 0.29) is 30.5 Å². The maximum absolute atomic E-state index is 12.3. The summed E-state index contributed by atoms with van der Waals surface area (Å²) < 4.78 is 0. The van der Waals surface area contributed by atoms with E-state index in [1.165, 1.54) is 0 Å². The first kappa shape index (κ1) is 11.9. The van der Waals surface area contributed by atoms with Crippen molar-refractivity contribution in [2.24, 2.45) is 17.6 Å². The smallest absolute Gasteiger partial charge is 0.226 e. The quantitative estimate of drug-likeness (QED) is 0.713. The van der Waals surface area contributed by atoms with Crippen molar-refractivity contribution in [2.45, 2.75) is 44.7 Å².